The highest BCUT2D eigenvalue weighted by atomic mass is 32.3. The highest BCUT2D eigenvalue weighted by molar-refractivity contribution is 8.25. The molecule has 1 saturated carbocycles. The molecule has 0 radical (unpaired) electrons. The van der Waals surface area contributed by atoms with Gasteiger partial charge < -0.3 is 5.32 Å². The van der Waals surface area contributed by atoms with Crippen LogP contribution in [0.2, 0.25) is 0 Å². The Labute approximate surface area is 154 Å². The molecular formula is C18H24N4O3S. The summed E-state index contributed by atoms with van der Waals surface area (Å²) in [5, 5.41) is 10.3. The quantitative estimate of drug-likeness (QED) is 0.655. The number of nitrogens with one attached hydrogen (secondary N) is 2. The molecule has 1 aromatic carbocycles. The molecule has 1 aromatic heterocycles. The first kappa shape index (κ1) is 17.4. The van der Waals surface area contributed by atoms with Crippen molar-refractivity contribution < 1.29 is 13.9 Å². The first-order valence-electron chi connectivity index (χ1n) is 8.98. The first-order chi connectivity index (χ1) is 12.5. The number of H-pyrrole nitrogens is 1. The number of hydrogen-bond acceptors (Lipinski definition) is 5. The van der Waals surface area contributed by atoms with E-state index in [-0.39, 0.29) is 18.5 Å². The third-order valence-electron chi connectivity index (χ3n) is 5.18. The minimum atomic E-state index is -3.31. The SMILES string of the molecule is Cc1n[nH]c2c1N(CC(=O)NC1CCCCC1)S(O)(O)c1ccccc1-2. The van der Waals surface area contributed by atoms with Crippen LogP contribution in [0, 0.1) is 6.92 Å². The van der Waals surface area contributed by atoms with Crippen molar-refractivity contribution in [3.63, 3.8) is 0 Å². The number of carbonyl (C=O) groups excluding carboxylic acids is 1. The second-order valence-electron chi connectivity index (χ2n) is 6.99. The lowest BCUT2D eigenvalue weighted by Crippen LogP contribution is -2.44. The Balaban J connectivity index is 1.65. The van der Waals surface area contributed by atoms with Crippen LogP contribution in [0.1, 0.15) is 37.8 Å². The molecule has 0 atom stereocenters. The Morgan fingerprint density at radius 3 is 2.81 bits per heavy atom. The number of aryl methyl sites for hydroxylation is 1. The maximum absolute atomic E-state index is 12.6. The molecule has 4 rings (SSSR count). The molecule has 2 aliphatic rings. The van der Waals surface area contributed by atoms with Crippen molar-refractivity contribution in [2.45, 2.75) is 50.0 Å². The summed E-state index contributed by atoms with van der Waals surface area (Å²) >= 11 is 0. The van der Waals surface area contributed by atoms with Crippen molar-refractivity contribution in [1.29, 1.82) is 0 Å². The van der Waals surface area contributed by atoms with Crippen molar-refractivity contribution in [3.05, 3.63) is 30.0 Å². The number of amides is 1. The van der Waals surface area contributed by atoms with Crippen LogP contribution in [0.4, 0.5) is 5.69 Å². The van der Waals surface area contributed by atoms with Gasteiger partial charge in [-0.25, -0.2) is 0 Å². The molecule has 2 heterocycles. The van der Waals surface area contributed by atoms with Crippen LogP contribution in [0.15, 0.2) is 29.2 Å². The Bertz CT molecular complexity index is 830. The van der Waals surface area contributed by atoms with E-state index in [1.165, 1.54) is 10.7 Å². The van der Waals surface area contributed by atoms with E-state index in [0.717, 1.165) is 31.4 Å². The average molecular weight is 376 g/mol. The number of aromatic nitrogens is 2. The Hall–Kier alpha value is -2.03. The van der Waals surface area contributed by atoms with Gasteiger partial charge >= 0.3 is 0 Å². The van der Waals surface area contributed by atoms with Crippen molar-refractivity contribution in [1.82, 2.24) is 15.5 Å². The lowest BCUT2D eigenvalue weighted by Gasteiger charge is -2.47. The molecule has 0 unspecified atom stereocenters. The zero-order valence-corrected chi connectivity index (χ0v) is 15.6. The average Bonchev–Trinajstić information content (AvgIpc) is 3.01. The van der Waals surface area contributed by atoms with Crippen molar-refractivity contribution in [3.8, 4) is 11.3 Å². The number of aromatic amines is 1. The summed E-state index contributed by atoms with van der Waals surface area (Å²) in [5.41, 5.74) is 2.66. The third-order valence-corrected chi connectivity index (χ3v) is 7.05. The summed E-state index contributed by atoms with van der Waals surface area (Å²) < 4.78 is 23.4. The van der Waals surface area contributed by atoms with Crippen LogP contribution in [-0.2, 0) is 4.79 Å². The molecule has 26 heavy (non-hydrogen) atoms. The van der Waals surface area contributed by atoms with Gasteiger partial charge in [0.15, 0.2) is 0 Å². The molecule has 0 bridgehead atoms. The molecule has 1 aliphatic carbocycles. The van der Waals surface area contributed by atoms with E-state index in [9.17, 15) is 13.9 Å². The third kappa shape index (κ3) is 2.87. The molecular weight excluding hydrogens is 352 g/mol. The van der Waals surface area contributed by atoms with Gasteiger partial charge in [-0.2, -0.15) is 5.10 Å². The van der Waals surface area contributed by atoms with E-state index >= 15 is 0 Å². The minimum Gasteiger partial charge on any atom is -0.352 e. The number of benzene rings is 1. The fourth-order valence-electron chi connectivity index (χ4n) is 3.90. The minimum absolute atomic E-state index is 0.111. The van der Waals surface area contributed by atoms with Crippen LogP contribution >= 0.6 is 10.8 Å². The van der Waals surface area contributed by atoms with Gasteiger partial charge in [0.25, 0.3) is 0 Å². The molecule has 1 amide bonds. The van der Waals surface area contributed by atoms with Crippen LogP contribution < -0.4 is 9.62 Å². The Kier molecular flexibility index (Phi) is 4.42. The summed E-state index contributed by atoms with van der Waals surface area (Å²) in [7, 11) is -3.31. The van der Waals surface area contributed by atoms with Crippen LogP contribution in [-0.4, -0.2) is 37.8 Å². The Morgan fingerprint density at radius 2 is 2.04 bits per heavy atom. The monoisotopic (exact) mass is 376 g/mol. The van der Waals surface area contributed by atoms with Gasteiger partial charge in [0.1, 0.15) is 12.2 Å². The lowest BCUT2D eigenvalue weighted by atomic mass is 9.95. The topological polar surface area (TPSA) is 101 Å². The van der Waals surface area contributed by atoms with Crippen molar-refractivity contribution in [2.75, 3.05) is 10.8 Å². The molecule has 8 heteroatoms. The largest absolute Gasteiger partial charge is 0.352 e. The second kappa shape index (κ2) is 6.61. The normalized spacial score (nSPS) is 20.2. The number of fused-ring (bicyclic) bond motifs is 3. The van der Waals surface area contributed by atoms with E-state index in [4.69, 9.17) is 0 Å². The molecule has 4 N–H and O–H groups in total. The van der Waals surface area contributed by atoms with E-state index < -0.39 is 10.8 Å². The standard InChI is InChI=1S/C18H24N4O3S/c1-12-18-17(21-20-12)14-9-5-6-10-15(14)26(24,25)22(18)11-16(23)19-13-7-3-2-4-8-13/h5-6,9-10,13,24-25H,2-4,7-8,11H2,1H3,(H,19,23)(H,20,21). The van der Waals surface area contributed by atoms with Crippen LogP contribution in [0.3, 0.4) is 0 Å². The molecule has 1 aliphatic heterocycles. The first-order valence-corrected chi connectivity index (χ1v) is 10.5. The van der Waals surface area contributed by atoms with Gasteiger partial charge in [-0.15, -0.1) is 0 Å². The molecule has 140 valence electrons. The number of carbonyl (C=O) groups is 1. The zero-order chi connectivity index (χ0) is 18.3. The summed E-state index contributed by atoms with van der Waals surface area (Å²) in [4.78, 5) is 13.0. The second-order valence-corrected chi connectivity index (χ2v) is 8.90. The highest BCUT2D eigenvalue weighted by Gasteiger charge is 2.39. The van der Waals surface area contributed by atoms with Gasteiger partial charge in [-0.05, 0) is 25.8 Å². The molecule has 1 fully saturated rings. The van der Waals surface area contributed by atoms with Gasteiger partial charge in [-0.3, -0.25) is 23.3 Å². The van der Waals surface area contributed by atoms with Crippen molar-refractivity contribution >= 4 is 22.4 Å². The summed E-state index contributed by atoms with van der Waals surface area (Å²) in [5.74, 6) is -0.192. The van der Waals surface area contributed by atoms with E-state index in [2.05, 4.69) is 15.5 Å². The van der Waals surface area contributed by atoms with E-state index in [0.29, 0.717) is 21.8 Å². The zero-order valence-electron chi connectivity index (χ0n) is 14.7. The van der Waals surface area contributed by atoms with Crippen LogP contribution in [0.5, 0.6) is 0 Å². The fraction of sp³-hybridized carbons (Fsp3) is 0.444. The number of anilines is 1. The predicted octanol–water partition coefficient (Wildman–Crippen LogP) is 3.68. The van der Waals surface area contributed by atoms with Gasteiger partial charge in [0, 0.05) is 11.6 Å². The van der Waals surface area contributed by atoms with E-state index in [1.54, 1.807) is 19.1 Å². The number of nitrogens with zero attached hydrogens (tertiary/aromatic N) is 2. The number of hydrogen-bond donors (Lipinski definition) is 4. The smallest absolute Gasteiger partial charge is 0.241 e. The Morgan fingerprint density at radius 1 is 1.31 bits per heavy atom. The molecule has 0 spiro atoms. The summed E-state index contributed by atoms with van der Waals surface area (Å²) in [6.07, 6.45) is 5.44. The summed E-state index contributed by atoms with van der Waals surface area (Å²) in [6.45, 7) is 1.69. The lowest BCUT2D eigenvalue weighted by molar-refractivity contribution is -0.120. The molecule has 7 nitrogen and oxygen atoms in total. The van der Waals surface area contributed by atoms with Crippen LogP contribution in [0.25, 0.3) is 11.3 Å². The maximum atomic E-state index is 12.6. The predicted molar refractivity (Wildman–Crippen MR) is 102 cm³/mol. The molecule has 2 aromatic rings. The van der Waals surface area contributed by atoms with Gasteiger partial charge in [-0.1, -0.05) is 48.2 Å². The maximum Gasteiger partial charge on any atom is 0.241 e. The van der Waals surface area contributed by atoms with Gasteiger partial charge in [0.2, 0.25) is 5.91 Å². The number of rotatable bonds is 3. The fourth-order valence-corrected chi connectivity index (χ4v) is 5.64. The molecule has 0 saturated heterocycles. The van der Waals surface area contributed by atoms with E-state index in [1.807, 2.05) is 12.1 Å². The summed E-state index contributed by atoms with van der Waals surface area (Å²) in [6, 6.07) is 7.32. The van der Waals surface area contributed by atoms with Crippen molar-refractivity contribution in [2.24, 2.45) is 0 Å². The van der Waals surface area contributed by atoms with Gasteiger partial charge in [0.05, 0.1) is 16.3 Å². The highest BCUT2D eigenvalue weighted by Crippen LogP contribution is 2.62.